The first-order valence-corrected chi connectivity index (χ1v) is 7.49. The summed E-state index contributed by atoms with van der Waals surface area (Å²) in [4.78, 5) is 12.1. The minimum absolute atomic E-state index is 0.0577. The summed E-state index contributed by atoms with van der Waals surface area (Å²) in [5.41, 5.74) is 0.0577. The Morgan fingerprint density at radius 3 is 2.58 bits per heavy atom. The van der Waals surface area contributed by atoms with Crippen LogP contribution in [-0.2, 0) is 4.79 Å². The van der Waals surface area contributed by atoms with E-state index in [9.17, 15) is 4.79 Å². The van der Waals surface area contributed by atoms with Crippen molar-refractivity contribution in [3.8, 4) is 0 Å². The second-order valence-electron chi connectivity index (χ2n) is 5.37. The van der Waals surface area contributed by atoms with Crippen molar-refractivity contribution in [2.75, 3.05) is 5.75 Å². The van der Waals surface area contributed by atoms with Gasteiger partial charge in [-0.25, -0.2) is 0 Å². The van der Waals surface area contributed by atoms with Crippen molar-refractivity contribution in [3.63, 3.8) is 0 Å². The molecule has 1 aliphatic carbocycles. The lowest BCUT2D eigenvalue weighted by molar-refractivity contribution is -0.138. The van der Waals surface area contributed by atoms with Gasteiger partial charge in [-0.15, -0.1) is 11.8 Å². The van der Waals surface area contributed by atoms with Crippen molar-refractivity contribution >= 4 is 28.5 Å². The summed E-state index contributed by atoms with van der Waals surface area (Å²) < 4.78 is 0. The van der Waals surface area contributed by atoms with Gasteiger partial charge in [0.2, 0.25) is 0 Å². The highest BCUT2D eigenvalue weighted by molar-refractivity contribution is 7.99. The van der Waals surface area contributed by atoms with E-state index < -0.39 is 5.97 Å². The number of aliphatic carboxylic acids is 1. The molecule has 98 valence electrons. The molecule has 0 unspecified atom stereocenters. The van der Waals surface area contributed by atoms with Crippen LogP contribution in [0.5, 0.6) is 0 Å². The second-order valence-corrected chi connectivity index (χ2v) is 6.42. The Morgan fingerprint density at radius 2 is 1.89 bits per heavy atom. The lowest BCUT2D eigenvalue weighted by Crippen LogP contribution is -2.10. The lowest BCUT2D eigenvalue weighted by Gasteiger charge is -2.12. The Hall–Kier alpha value is -1.48. The fourth-order valence-corrected chi connectivity index (χ4v) is 3.60. The fourth-order valence-electron chi connectivity index (χ4n) is 2.36. The number of carbonyl (C=O) groups is 1. The smallest absolute Gasteiger partial charge is 0.303 e. The van der Waals surface area contributed by atoms with Gasteiger partial charge in [0.15, 0.2) is 0 Å². The fraction of sp³-hybridized carbons (Fsp3) is 0.312. The summed E-state index contributed by atoms with van der Waals surface area (Å²) >= 11 is 1.78. The van der Waals surface area contributed by atoms with E-state index in [4.69, 9.17) is 5.11 Å². The Morgan fingerprint density at radius 1 is 1.16 bits per heavy atom. The van der Waals surface area contributed by atoms with E-state index in [2.05, 4.69) is 30.3 Å². The molecule has 0 amide bonds. The molecule has 1 N–H and O–H groups in total. The molecule has 0 radical (unpaired) electrons. The van der Waals surface area contributed by atoms with Crippen molar-refractivity contribution in [2.45, 2.75) is 24.2 Å². The molecule has 0 aliphatic heterocycles. The van der Waals surface area contributed by atoms with Gasteiger partial charge in [-0.3, -0.25) is 4.79 Å². The Kier molecular flexibility index (Phi) is 3.23. The van der Waals surface area contributed by atoms with Crippen LogP contribution in [0, 0.1) is 5.41 Å². The third-order valence-corrected chi connectivity index (χ3v) is 5.09. The van der Waals surface area contributed by atoms with Crippen LogP contribution in [0.3, 0.4) is 0 Å². The molecule has 1 aliphatic rings. The van der Waals surface area contributed by atoms with E-state index >= 15 is 0 Å². The van der Waals surface area contributed by atoms with Crippen molar-refractivity contribution in [1.29, 1.82) is 0 Å². The zero-order valence-corrected chi connectivity index (χ0v) is 11.5. The molecule has 0 saturated heterocycles. The normalized spacial score (nSPS) is 16.4. The highest BCUT2D eigenvalue weighted by Crippen LogP contribution is 2.52. The maximum atomic E-state index is 10.8. The molecule has 2 aromatic rings. The topological polar surface area (TPSA) is 37.3 Å². The molecule has 3 rings (SSSR count). The summed E-state index contributed by atoms with van der Waals surface area (Å²) in [6.07, 6.45) is 2.42. The number of hydrogen-bond acceptors (Lipinski definition) is 2. The van der Waals surface area contributed by atoms with Crippen molar-refractivity contribution in [1.82, 2.24) is 0 Å². The highest BCUT2D eigenvalue weighted by Gasteiger charge is 2.44. The lowest BCUT2D eigenvalue weighted by atomic mass is 10.1. The van der Waals surface area contributed by atoms with Gasteiger partial charge < -0.3 is 5.11 Å². The molecule has 0 aromatic heterocycles. The van der Waals surface area contributed by atoms with E-state index in [0.29, 0.717) is 6.42 Å². The van der Waals surface area contributed by atoms with E-state index in [1.807, 2.05) is 12.1 Å². The zero-order valence-electron chi connectivity index (χ0n) is 10.6. The van der Waals surface area contributed by atoms with Crippen LogP contribution in [0.15, 0.2) is 47.4 Å². The third kappa shape index (κ3) is 2.92. The minimum atomic E-state index is -0.670. The van der Waals surface area contributed by atoms with Crippen molar-refractivity contribution < 1.29 is 9.90 Å². The SMILES string of the molecule is O=C(O)CC1(CSc2ccc3ccccc3c2)CC1. The largest absolute Gasteiger partial charge is 0.481 e. The molecule has 2 aromatic carbocycles. The van der Waals surface area contributed by atoms with Crippen LogP contribution < -0.4 is 0 Å². The predicted octanol–water partition coefficient (Wildman–Crippen LogP) is 4.19. The molecule has 1 fully saturated rings. The number of carboxylic acids is 1. The zero-order chi connectivity index (χ0) is 13.3. The van der Waals surface area contributed by atoms with Gasteiger partial charge in [0.1, 0.15) is 0 Å². The van der Waals surface area contributed by atoms with Gasteiger partial charge in [-0.2, -0.15) is 0 Å². The Labute approximate surface area is 116 Å². The van der Waals surface area contributed by atoms with Crippen molar-refractivity contribution in [3.05, 3.63) is 42.5 Å². The minimum Gasteiger partial charge on any atom is -0.481 e. The van der Waals surface area contributed by atoms with Gasteiger partial charge in [-0.1, -0.05) is 30.3 Å². The second kappa shape index (κ2) is 4.89. The molecule has 3 heteroatoms. The number of fused-ring (bicyclic) bond motifs is 1. The third-order valence-electron chi connectivity index (χ3n) is 3.75. The Bertz CT molecular complexity index is 617. The first-order chi connectivity index (χ1) is 9.17. The standard InChI is InChI=1S/C16H16O2S/c17-15(18)10-16(7-8-16)11-19-14-6-5-12-3-1-2-4-13(12)9-14/h1-6,9H,7-8,10-11H2,(H,17,18). The Balaban J connectivity index is 1.70. The van der Waals surface area contributed by atoms with E-state index in [1.54, 1.807) is 11.8 Å². The van der Waals surface area contributed by atoms with E-state index in [0.717, 1.165) is 18.6 Å². The van der Waals surface area contributed by atoms with Gasteiger partial charge in [0, 0.05) is 10.6 Å². The van der Waals surface area contributed by atoms with Gasteiger partial charge in [-0.05, 0) is 41.2 Å². The highest BCUT2D eigenvalue weighted by atomic mass is 32.2. The van der Waals surface area contributed by atoms with Crippen LogP contribution >= 0.6 is 11.8 Å². The van der Waals surface area contributed by atoms with Crippen molar-refractivity contribution in [2.24, 2.45) is 5.41 Å². The molecular weight excluding hydrogens is 256 g/mol. The molecule has 2 nitrogen and oxygen atoms in total. The van der Waals surface area contributed by atoms with Crippen LogP contribution in [0.1, 0.15) is 19.3 Å². The van der Waals surface area contributed by atoms with Crippen LogP contribution in [-0.4, -0.2) is 16.8 Å². The first kappa shape index (κ1) is 12.5. The summed E-state index contributed by atoms with van der Waals surface area (Å²) in [5.74, 6) is 0.245. The molecule has 0 atom stereocenters. The summed E-state index contributed by atoms with van der Waals surface area (Å²) in [5, 5.41) is 11.4. The maximum Gasteiger partial charge on any atom is 0.303 e. The molecule has 19 heavy (non-hydrogen) atoms. The average molecular weight is 272 g/mol. The first-order valence-electron chi connectivity index (χ1n) is 6.50. The molecule has 0 spiro atoms. The molecule has 0 heterocycles. The summed E-state index contributed by atoms with van der Waals surface area (Å²) in [6.45, 7) is 0. The monoisotopic (exact) mass is 272 g/mol. The average Bonchev–Trinajstić information content (AvgIpc) is 3.15. The van der Waals surface area contributed by atoms with Crippen LogP contribution in [0.4, 0.5) is 0 Å². The van der Waals surface area contributed by atoms with E-state index in [-0.39, 0.29) is 5.41 Å². The summed E-state index contributed by atoms with van der Waals surface area (Å²) in [6, 6.07) is 14.8. The van der Waals surface area contributed by atoms with E-state index in [1.165, 1.54) is 15.7 Å². The predicted molar refractivity (Wildman–Crippen MR) is 78.6 cm³/mol. The number of rotatable bonds is 5. The quantitative estimate of drug-likeness (QED) is 0.829. The molecular formula is C16H16O2S. The number of hydrogen-bond donors (Lipinski definition) is 1. The van der Waals surface area contributed by atoms with Gasteiger partial charge in [0.05, 0.1) is 6.42 Å². The van der Waals surface area contributed by atoms with Crippen LogP contribution in [0.2, 0.25) is 0 Å². The molecule has 0 bridgehead atoms. The van der Waals surface area contributed by atoms with Gasteiger partial charge in [0.25, 0.3) is 0 Å². The number of carboxylic acid groups (broad SMARTS) is 1. The van der Waals surface area contributed by atoms with Crippen LogP contribution in [0.25, 0.3) is 10.8 Å². The maximum absolute atomic E-state index is 10.8. The van der Waals surface area contributed by atoms with Gasteiger partial charge >= 0.3 is 5.97 Å². The molecule has 1 saturated carbocycles. The number of benzene rings is 2. The number of thioether (sulfide) groups is 1. The summed E-state index contributed by atoms with van der Waals surface area (Å²) in [7, 11) is 0.